The van der Waals surface area contributed by atoms with Crippen LogP contribution >= 0.6 is 0 Å². The molecule has 0 aliphatic carbocycles. The summed E-state index contributed by atoms with van der Waals surface area (Å²) in [6, 6.07) is 8.28. The van der Waals surface area contributed by atoms with E-state index in [1.165, 1.54) is 5.56 Å². The van der Waals surface area contributed by atoms with E-state index in [1.54, 1.807) is 12.3 Å². The van der Waals surface area contributed by atoms with E-state index >= 15 is 0 Å². The minimum absolute atomic E-state index is 0.433. The molecule has 0 bridgehead atoms. The van der Waals surface area contributed by atoms with E-state index in [9.17, 15) is 0 Å². The third kappa shape index (κ3) is 3.30. The van der Waals surface area contributed by atoms with Crippen molar-refractivity contribution in [3.63, 3.8) is 0 Å². The Hall–Kier alpha value is -1.89. The molecule has 3 rings (SSSR count). The number of nitrogens with two attached hydrogens (primary N) is 2. The summed E-state index contributed by atoms with van der Waals surface area (Å²) in [5, 5.41) is 3.06. The highest BCUT2D eigenvalue weighted by Gasteiger charge is 2.27. The fourth-order valence-corrected chi connectivity index (χ4v) is 2.80. The lowest BCUT2D eigenvalue weighted by atomic mass is 10.0. The highest BCUT2D eigenvalue weighted by atomic mass is 15.3. The number of amidine groups is 1. The summed E-state index contributed by atoms with van der Waals surface area (Å²) in [4.78, 5) is 9.14. The Labute approximate surface area is 131 Å². The molecule has 5 N–H and O–H groups in total. The smallest absolute Gasteiger partial charge is 0.211 e. The molecule has 1 aromatic carbocycles. The Balaban J connectivity index is 1.67. The molecule has 0 aromatic heterocycles. The maximum absolute atomic E-state index is 6.27. The lowest BCUT2D eigenvalue weighted by molar-refractivity contribution is 0.148. The van der Waals surface area contributed by atoms with Gasteiger partial charge in [-0.2, -0.15) is 0 Å². The molecule has 1 fully saturated rings. The Bertz CT molecular complexity index is 571. The second kappa shape index (κ2) is 6.08. The molecule has 1 saturated heterocycles. The molecule has 6 heteroatoms. The van der Waals surface area contributed by atoms with E-state index in [4.69, 9.17) is 11.5 Å². The topological polar surface area (TPSA) is 82.9 Å². The predicted molar refractivity (Wildman–Crippen MR) is 89.0 cm³/mol. The summed E-state index contributed by atoms with van der Waals surface area (Å²) < 4.78 is 0. The van der Waals surface area contributed by atoms with E-state index in [2.05, 4.69) is 39.3 Å². The van der Waals surface area contributed by atoms with Gasteiger partial charge in [-0.25, -0.2) is 4.99 Å². The third-order valence-corrected chi connectivity index (χ3v) is 4.26. The van der Waals surface area contributed by atoms with Gasteiger partial charge in [-0.1, -0.05) is 24.3 Å². The maximum Gasteiger partial charge on any atom is 0.211 e. The van der Waals surface area contributed by atoms with Gasteiger partial charge < -0.3 is 16.0 Å². The summed E-state index contributed by atoms with van der Waals surface area (Å²) in [6.45, 7) is 5.48. The van der Waals surface area contributed by atoms with Crippen molar-refractivity contribution in [3.8, 4) is 0 Å². The van der Waals surface area contributed by atoms with Gasteiger partial charge in [-0.15, -0.1) is 0 Å². The Morgan fingerprint density at radius 1 is 1.18 bits per heavy atom. The molecule has 1 aromatic rings. The minimum Gasteiger partial charge on any atom is -0.384 e. The van der Waals surface area contributed by atoms with Crippen LogP contribution in [0.1, 0.15) is 11.1 Å². The van der Waals surface area contributed by atoms with Gasteiger partial charge in [0.2, 0.25) is 5.79 Å². The maximum atomic E-state index is 6.27. The zero-order valence-corrected chi connectivity index (χ0v) is 13.0. The van der Waals surface area contributed by atoms with Gasteiger partial charge in [-0.3, -0.25) is 10.6 Å². The number of nitrogens with zero attached hydrogens (tertiary/aromatic N) is 3. The van der Waals surface area contributed by atoms with Gasteiger partial charge in [0, 0.05) is 44.5 Å². The Kier molecular flexibility index (Phi) is 4.15. The number of piperazine rings is 1. The predicted octanol–water partition coefficient (Wildman–Crippen LogP) is -0.0229. The average molecular weight is 300 g/mol. The van der Waals surface area contributed by atoms with E-state index in [0.717, 1.165) is 38.3 Å². The molecule has 118 valence electrons. The number of hydrogen-bond acceptors (Lipinski definition) is 6. The van der Waals surface area contributed by atoms with Crippen LogP contribution in [0, 0.1) is 0 Å². The SMILES string of the molecule is CN1CCN(Cc2ccc(C3(N)N=C(N)C=CN3)cc2)CC1. The lowest BCUT2D eigenvalue weighted by Crippen LogP contribution is -2.49. The molecule has 6 nitrogen and oxygen atoms in total. The van der Waals surface area contributed by atoms with Crippen LogP contribution in [-0.4, -0.2) is 48.9 Å². The first-order chi connectivity index (χ1) is 10.5. The number of hydrogen-bond donors (Lipinski definition) is 3. The first-order valence-corrected chi connectivity index (χ1v) is 7.64. The Morgan fingerprint density at radius 2 is 1.86 bits per heavy atom. The molecular formula is C16H24N6. The van der Waals surface area contributed by atoms with E-state index in [0.29, 0.717) is 5.84 Å². The van der Waals surface area contributed by atoms with Crippen LogP contribution in [-0.2, 0) is 12.3 Å². The molecule has 0 spiro atoms. The van der Waals surface area contributed by atoms with E-state index < -0.39 is 5.79 Å². The third-order valence-electron chi connectivity index (χ3n) is 4.26. The molecule has 0 amide bonds. The molecule has 0 saturated carbocycles. The van der Waals surface area contributed by atoms with Gasteiger partial charge >= 0.3 is 0 Å². The molecule has 0 radical (unpaired) electrons. The fourth-order valence-electron chi connectivity index (χ4n) is 2.80. The van der Waals surface area contributed by atoms with Gasteiger partial charge in [0.05, 0.1) is 0 Å². The average Bonchev–Trinajstić information content (AvgIpc) is 2.50. The second-order valence-corrected chi connectivity index (χ2v) is 6.06. The molecule has 1 unspecified atom stereocenters. The summed E-state index contributed by atoms with van der Waals surface area (Å²) in [5.74, 6) is -0.534. The standard InChI is InChI=1S/C16H24N6/c1-21-8-10-22(11-9-21)12-13-2-4-14(5-3-13)16(18)19-7-6-15(17)20-16/h2-7,19H,8-12,18H2,1H3,(H2,17,20). The monoisotopic (exact) mass is 300 g/mol. The van der Waals surface area contributed by atoms with Crippen molar-refractivity contribution in [2.45, 2.75) is 12.3 Å². The molecular weight excluding hydrogens is 276 g/mol. The number of rotatable bonds is 3. The summed E-state index contributed by atoms with van der Waals surface area (Å²) in [7, 11) is 2.17. The largest absolute Gasteiger partial charge is 0.384 e. The van der Waals surface area contributed by atoms with Gasteiger partial charge in [-0.05, 0) is 18.7 Å². The molecule has 22 heavy (non-hydrogen) atoms. The van der Waals surface area contributed by atoms with Crippen molar-refractivity contribution in [1.82, 2.24) is 15.1 Å². The highest BCUT2D eigenvalue weighted by molar-refractivity contribution is 5.92. The number of likely N-dealkylation sites (N-methyl/N-ethyl adjacent to an activating group) is 1. The minimum atomic E-state index is -0.967. The summed E-state index contributed by atoms with van der Waals surface area (Å²) >= 11 is 0. The highest BCUT2D eigenvalue weighted by Crippen LogP contribution is 2.20. The van der Waals surface area contributed by atoms with Crippen LogP contribution in [0.5, 0.6) is 0 Å². The van der Waals surface area contributed by atoms with Crippen LogP contribution in [0.2, 0.25) is 0 Å². The van der Waals surface area contributed by atoms with E-state index in [-0.39, 0.29) is 0 Å². The van der Waals surface area contributed by atoms with E-state index in [1.807, 2.05) is 12.1 Å². The van der Waals surface area contributed by atoms with Crippen molar-refractivity contribution in [2.75, 3.05) is 33.2 Å². The fraction of sp³-hybridized carbons (Fsp3) is 0.438. The van der Waals surface area contributed by atoms with Gasteiger partial charge in [0.1, 0.15) is 5.84 Å². The first-order valence-electron chi connectivity index (χ1n) is 7.64. The first kappa shape index (κ1) is 15.0. The van der Waals surface area contributed by atoms with Gasteiger partial charge in [0.15, 0.2) is 0 Å². The summed E-state index contributed by atoms with van der Waals surface area (Å²) in [6.07, 6.45) is 3.44. The van der Waals surface area contributed by atoms with Crippen molar-refractivity contribution in [1.29, 1.82) is 0 Å². The van der Waals surface area contributed by atoms with Crippen LogP contribution in [0.4, 0.5) is 0 Å². The molecule has 1 atom stereocenters. The van der Waals surface area contributed by atoms with Crippen LogP contribution < -0.4 is 16.8 Å². The van der Waals surface area contributed by atoms with Gasteiger partial charge in [0.25, 0.3) is 0 Å². The summed E-state index contributed by atoms with van der Waals surface area (Å²) in [5.41, 5.74) is 14.2. The number of aliphatic imine (C=N–C) groups is 1. The second-order valence-electron chi connectivity index (χ2n) is 6.06. The van der Waals surface area contributed by atoms with Crippen molar-refractivity contribution in [3.05, 3.63) is 47.7 Å². The number of nitrogens with one attached hydrogen (secondary N) is 1. The molecule has 2 heterocycles. The van der Waals surface area contributed by atoms with Crippen LogP contribution in [0.25, 0.3) is 0 Å². The van der Waals surface area contributed by atoms with Crippen molar-refractivity contribution < 1.29 is 0 Å². The normalized spacial score (nSPS) is 26.5. The molecule has 2 aliphatic rings. The van der Waals surface area contributed by atoms with Crippen LogP contribution in [0.3, 0.4) is 0 Å². The number of benzene rings is 1. The van der Waals surface area contributed by atoms with Crippen molar-refractivity contribution in [2.24, 2.45) is 16.5 Å². The quantitative estimate of drug-likeness (QED) is 0.730. The molecule has 2 aliphatic heterocycles. The zero-order chi connectivity index (χ0) is 15.6. The van der Waals surface area contributed by atoms with Crippen molar-refractivity contribution >= 4 is 5.84 Å². The lowest BCUT2D eigenvalue weighted by Gasteiger charge is -2.32. The Morgan fingerprint density at radius 3 is 2.50 bits per heavy atom. The zero-order valence-electron chi connectivity index (χ0n) is 13.0. The van der Waals surface area contributed by atoms with Crippen LogP contribution in [0.15, 0.2) is 41.5 Å².